The van der Waals surface area contributed by atoms with Crippen LogP contribution < -0.4 is 5.73 Å². The molecule has 1 fully saturated rings. The molecule has 15 heavy (non-hydrogen) atoms. The normalized spacial score (nSPS) is 30.0. The summed E-state index contributed by atoms with van der Waals surface area (Å²) in [6, 6.07) is 6.89. The standard InChI is InChI=1S/C12H15ClN2/c13-10-3-1-2-9-8(10)4-6-15-7-5-11(14)12(9)15/h1-3,11-12H,4-7,14H2. The first-order chi connectivity index (χ1) is 7.27. The van der Waals surface area contributed by atoms with Gasteiger partial charge in [0.25, 0.3) is 0 Å². The van der Waals surface area contributed by atoms with E-state index >= 15 is 0 Å². The molecule has 2 N–H and O–H groups in total. The molecule has 1 aromatic rings. The average Bonchev–Trinajstić information content (AvgIpc) is 2.61. The van der Waals surface area contributed by atoms with Crippen LogP contribution in [-0.2, 0) is 6.42 Å². The van der Waals surface area contributed by atoms with Crippen molar-refractivity contribution in [2.45, 2.75) is 24.9 Å². The van der Waals surface area contributed by atoms with Gasteiger partial charge in [-0.25, -0.2) is 0 Å². The van der Waals surface area contributed by atoms with E-state index in [9.17, 15) is 0 Å². The summed E-state index contributed by atoms with van der Waals surface area (Å²) in [7, 11) is 0. The third-order valence-corrected chi connectivity index (χ3v) is 4.03. The van der Waals surface area contributed by atoms with Crippen molar-refractivity contribution in [2.75, 3.05) is 13.1 Å². The largest absolute Gasteiger partial charge is 0.326 e. The summed E-state index contributed by atoms with van der Waals surface area (Å²) in [5, 5.41) is 0.909. The molecule has 2 unspecified atom stereocenters. The molecule has 0 aromatic heterocycles. The van der Waals surface area contributed by atoms with E-state index in [2.05, 4.69) is 11.0 Å². The zero-order chi connectivity index (χ0) is 10.4. The molecule has 0 spiro atoms. The monoisotopic (exact) mass is 222 g/mol. The lowest BCUT2D eigenvalue weighted by atomic mass is 9.91. The van der Waals surface area contributed by atoms with Crippen molar-refractivity contribution in [2.24, 2.45) is 5.73 Å². The summed E-state index contributed by atoms with van der Waals surface area (Å²) < 4.78 is 0. The molecule has 2 aliphatic heterocycles. The molecule has 3 heteroatoms. The molecule has 0 aliphatic carbocycles. The predicted octanol–water partition coefficient (Wildman–Crippen LogP) is 1.97. The van der Waals surface area contributed by atoms with Gasteiger partial charge < -0.3 is 5.73 Å². The van der Waals surface area contributed by atoms with Crippen molar-refractivity contribution in [1.29, 1.82) is 0 Å². The van der Waals surface area contributed by atoms with Crippen LogP contribution in [0, 0.1) is 0 Å². The van der Waals surface area contributed by atoms with Gasteiger partial charge in [0.05, 0.1) is 6.04 Å². The Morgan fingerprint density at radius 2 is 2.20 bits per heavy atom. The van der Waals surface area contributed by atoms with E-state index in [0.717, 1.165) is 31.0 Å². The van der Waals surface area contributed by atoms with Gasteiger partial charge in [-0.1, -0.05) is 23.7 Å². The molecule has 2 aliphatic rings. The number of rotatable bonds is 0. The lowest BCUT2D eigenvalue weighted by Gasteiger charge is -2.34. The number of halogens is 1. The minimum Gasteiger partial charge on any atom is -0.326 e. The van der Waals surface area contributed by atoms with Crippen LogP contribution in [0.2, 0.25) is 5.02 Å². The Kier molecular flexibility index (Phi) is 2.23. The Morgan fingerprint density at radius 1 is 1.33 bits per heavy atom. The molecule has 0 radical (unpaired) electrons. The van der Waals surface area contributed by atoms with Gasteiger partial charge in [0.1, 0.15) is 0 Å². The summed E-state index contributed by atoms with van der Waals surface area (Å²) in [4.78, 5) is 2.49. The number of hydrogen-bond acceptors (Lipinski definition) is 2. The van der Waals surface area contributed by atoms with Crippen molar-refractivity contribution in [1.82, 2.24) is 4.90 Å². The van der Waals surface area contributed by atoms with Gasteiger partial charge in [-0.3, -0.25) is 4.90 Å². The van der Waals surface area contributed by atoms with Crippen molar-refractivity contribution in [3.63, 3.8) is 0 Å². The highest BCUT2D eigenvalue weighted by Gasteiger charge is 2.37. The Morgan fingerprint density at radius 3 is 3.07 bits per heavy atom. The quantitative estimate of drug-likeness (QED) is 0.727. The second kappa shape index (κ2) is 3.48. The van der Waals surface area contributed by atoms with Gasteiger partial charge >= 0.3 is 0 Å². The minimum absolute atomic E-state index is 0.280. The van der Waals surface area contributed by atoms with Crippen LogP contribution in [0.3, 0.4) is 0 Å². The van der Waals surface area contributed by atoms with Crippen molar-refractivity contribution >= 4 is 11.6 Å². The lowest BCUT2D eigenvalue weighted by molar-refractivity contribution is 0.234. The van der Waals surface area contributed by atoms with Crippen LogP contribution in [0.5, 0.6) is 0 Å². The maximum atomic E-state index is 6.22. The van der Waals surface area contributed by atoms with Gasteiger partial charge in [-0.05, 0) is 30.0 Å². The predicted molar refractivity (Wildman–Crippen MR) is 62.1 cm³/mol. The van der Waals surface area contributed by atoms with E-state index in [0.29, 0.717) is 6.04 Å². The molecule has 1 saturated heterocycles. The Balaban J connectivity index is 2.10. The van der Waals surface area contributed by atoms with E-state index in [1.165, 1.54) is 11.1 Å². The first kappa shape index (κ1) is 9.64. The molecule has 2 atom stereocenters. The summed E-state index contributed by atoms with van der Waals surface area (Å²) in [6.45, 7) is 2.24. The molecule has 80 valence electrons. The average molecular weight is 223 g/mol. The van der Waals surface area contributed by atoms with Crippen molar-refractivity contribution in [3.05, 3.63) is 34.3 Å². The van der Waals surface area contributed by atoms with Gasteiger partial charge in [0.15, 0.2) is 0 Å². The second-order valence-corrected chi connectivity index (χ2v) is 4.90. The highest BCUT2D eigenvalue weighted by atomic mass is 35.5. The van der Waals surface area contributed by atoms with E-state index in [1.807, 2.05) is 12.1 Å². The SMILES string of the molecule is NC1CCN2CCc3c(Cl)cccc3C12. The molecular weight excluding hydrogens is 208 g/mol. The highest BCUT2D eigenvalue weighted by Crippen LogP contribution is 2.39. The van der Waals surface area contributed by atoms with E-state index in [4.69, 9.17) is 17.3 Å². The third kappa shape index (κ3) is 1.40. The van der Waals surface area contributed by atoms with Gasteiger partial charge in [-0.15, -0.1) is 0 Å². The molecule has 0 bridgehead atoms. The summed E-state index contributed by atoms with van der Waals surface area (Å²) in [5.41, 5.74) is 8.85. The van der Waals surface area contributed by atoms with Crippen LogP contribution in [0.25, 0.3) is 0 Å². The van der Waals surface area contributed by atoms with Crippen LogP contribution >= 0.6 is 11.6 Å². The molecule has 2 heterocycles. The number of fused-ring (bicyclic) bond motifs is 3. The first-order valence-corrected chi connectivity index (χ1v) is 5.92. The summed E-state index contributed by atoms with van der Waals surface area (Å²) >= 11 is 6.22. The lowest BCUT2D eigenvalue weighted by Crippen LogP contribution is -2.37. The van der Waals surface area contributed by atoms with Crippen LogP contribution in [-0.4, -0.2) is 24.0 Å². The maximum Gasteiger partial charge on any atom is 0.0503 e. The highest BCUT2D eigenvalue weighted by molar-refractivity contribution is 6.31. The molecule has 1 aromatic carbocycles. The Labute approximate surface area is 95.0 Å². The Hall–Kier alpha value is -0.570. The van der Waals surface area contributed by atoms with E-state index in [-0.39, 0.29) is 6.04 Å². The molecule has 0 amide bonds. The molecular formula is C12H15ClN2. The van der Waals surface area contributed by atoms with Crippen molar-refractivity contribution < 1.29 is 0 Å². The molecule has 3 rings (SSSR count). The zero-order valence-electron chi connectivity index (χ0n) is 8.62. The Bertz CT molecular complexity index is 391. The van der Waals surface area contributed by atoms with Gasteiger partial charge in [-0.2, -0.15) is 0 Å². The zero-order valence-corrected chi connectivity index (χ0v) is 9.37. The summed E-state index contributed by atoms with van der Waals surface area (Å²) in [6.07, 6.45) is 2.18. The maximum absolute atomic E-state index is 6.22. The molecule has 0 saturated carbocycles. The number of nitrogens with two attached hydrogens (primary N) is 1. The number of hydrogen-bond donors (Lipinski definition) is 1. The second-order valence-electron chi connectivity index (χ2n) is 4.49. The van der Waals surface area contributed by atoms with E-state index in [1.54, 1.807) is 0 Å². The van der Waals surface area contributed by atoms with Gasteiger partial charge in [0.2, 0.25) is 0 Å². The topological polar surface area (TPSA) is 29.3 Å². The van der Waals surface area contributed by atoms with Crippen LogP contribution in [0.1, 0.15) is 23.6 Å². The smallest absolute Gasteiger partial charge is 0.0503 e. The fraction of sp³-hybridized carbons (Fsp3) is 0.500. The summed E-state index contributed by atoms with van der Waals surface area (Å²) in [5.74, 6) is 0. The number of benzene rings is 1. The fourth-order valence-corrected chi connectivity index (χ4v) is 3.21. The molecule has 2 nitrogen and oxygen atoms in total. The fourth-order valence-electron chi connectivity index (χ4n) is 2.93. The number of nitrogens with zero attached hydrogens (tertiary/aromatic N) is 1. The minimum atomic E-state index is 0.280. The third-order valence-electron chi connectivity index (χ3n) is 3.67. The van der Waals surface area contributed by atoms with Crippen LogP contribution in [0.4, 0.5) is 0 Å². The van der Waals surface area contributed by atoms with Gasteiger partial charge in [0, 0.05) is 24.2 Å². The van der Waals surface area contributed by atoms with E-state index < -0.39 is 0 Å². The van der Waals surface area contributed by atoms with Crippen molar-refractivity contribution in [3.8, 4) is 0 Å². The van der Waals surface area contributed by atoms with Crippen LogP contribution in [0.15, 0.2) is 18.2 Å². The first-order valence-electron chi connectivity index (χ1n) is 5.54.